The van der Waals surface area contributed by atoms with Crippen LogP contribution in [0, 0.1) is 11.7 Å². The summed E-state index contributed by atoms with van der Waals surface area (Å²) in [5, 5.41) is 0.533. The molecular formula is C25H26ClFN4O. The van der Waals surface area contributed by atoms with E-state index in [1.807, 2.05) is 37.9 Å². The molecule has 5 nitrogen and oxygen atoms in total. The van der Waals surface area contributed by atoms with Crippen molar-refractivity contribution in [3.63, 3.8) is 0 Å². The summed E-state index contributed by atoms with van der Waals surface area (Å²) < 4.78 is 13.5. The van der Waals surface area contributed by atoms with Gasteiger partial charge in [-0.2, -0.15) is 0 Å². The molecule has 0 bridgehead atoms. The normalized spacial score (nSPS) is 15.9. The zero-order chi connectivity index (χ0) is 22.8. The van der Waals surface area contributed by atoms with Crippen LogP contribution in [0.4, 0.5) is 10.2 Å². The number of amides is 1. The molecule has 1 amide bonds. The topological polar surface area (TPSA) is 49.3 Å². The molecule has 1 aliphatic heterocycles. The Morgan fingerprint density at radius 1 is 1.16 bits per heavy atom. The lowest BCUT2D eigenvalue weighted by atomic mass is 9.96. The lowest BCUT2D eigenvalue weighted by molar-refractivity contribution is -0.133. The molecule has 0 spiro atoms. The number of carbonyl (C=O) groups is 1. The number of halogens is 2. The molecule has 32 heavy (non-hydrogen) atoms. The smallest absolute Gasteiger partial charge is 0.225 e. The quantitative estimate of drug-likeness (QED) is 0.527. The van der Waals surface area contributed by atoms with Crippen molar-refractivity contribution in [3.8, 4) is 22.3 Å². The van der Waals surface area contributed by atoms with E-state index < -0.39 is 0 Å². The third-order valence-corrected chi connectivity index (χ3v) is 6.29. The number of likely N-dealkylation sites (tertiary alicyclic amines) is 1. The van der Waals surface area contributed by atoms with Crippen LogP contribution in [0.3, 0.4) is 0 Å². The summed E-state index contributed by atoms with van der Waals surface area (Å²) in [5.74, 6) is 0.684. The fourth-order valence-electron chi connectivity index (χ4n) is 4.12. The van der Waals surface area contributed by atoms with Crippen molar-refractivity contribution in [3.05, 3.63) is 65.8 Å². The van der Waals surface area contributed by atoms with Gasteiger partial charge < -0.3 is 9.80 Å². The molecule has 3 aromatic rings. The molecule has 1 atom stereocenters. The standard InChI is InChI=1S/C25H26ClFN4O/c1-16(2)25(32)31-11-9-19(15-31)30(3)24-12-21(20-8-10-28-14-23(20)26)22(13-29-24)17-4-6-18(27)7-5-17/h4-8,10,12-14,16,19H,9,11,15H2,1-3H3/t19-/m1/s1. The highest BCUT2D eigenvalue weighted by Crippen LogP contribution is 2.37. The molecule has 166 valence electrons. The van der Waals surface area contributed by atoms with Gasteiger partial charge in [-0.05, 0) is 41.8 Å². The maximum absolute atomic E-state index is 13.5. The average Bonchev–Trinajstić information content (AvgIpc) is 3.29. The number of aromatic nitrogens is 2. The Labute approximate surface area is 192 Å². The van der Waals surface area contributed by atoms with Crippen molar-refractivity contribution in [1.29, 1.82) is 0 Å². The van der Waals surface area contributed by atoms with Crippen LogP contribution in [0.2, 0.25) is 5.02 Å². The average molecular weight is 453 g/mol. The minimum Gasteiger partial charge on any atom is -0.355 e. The van der Waals surface area contributed by atoms with Crippen LogP contribution >= 0.6 is 11.6 Å². The molecule has 1 fully saturated rings. The van der Waals surface area contributed by atoms with Crippen LogP contribution < -0.4 is 4.90 Å². The number of likely N-dealkylation sites (N-methyl/N-ethyl adjacent to an activating group) is 1. The molecule has 4 rings (SSSR count). The highest BCUT2D eigenvalue weighted by atomic mass is 35.5. The molecule has 3 heterocycles. The van der Waals surface area contributed by atoms with Gasteiger partial charge in [0.2, 0.25) is 5.91 Å². The second kappa shape index (κ2) is 9.25. The Bertz CT molecular complexity index is 1120. The Hall–Kier alpha value is -2.99. The summed E-state index contributed by atoms with van der Waals surface area (Å²) in [4.78, 5) is 25.3. The SMILES string of the molecule is CC(C)C(=O)N1CC[C@@H](N(C)c2cc(-c3ccncc3Cl)c(-c3ccc(F)cc3)cn2)C1. The van der Waals surface area contributed by atoms with Crippen molar-refractivity contribution < 1.29 is 9.18 Å². The van der Waals surface area contributed by atoms with Crippen molar-refractivity contribution in [1.82, 2.24) is 14.9 Å². The number of hydrogen-bond donors (Lipinski definition) is 0. The second-order valence-corrected chi connectivity index (χ2v) is 8.85. The summed E-state index contributed by atoms with van der Waals surface area (Å²) in [7, 11) is 2.01. The fourth-order valence-corrected chi connectivity index (χ4v) is 4.34. The Kier molecular flexibility index (Phi) is 6.42. The van der Waals surface area contributed by atoms with Crippen molar-refractivity contribution in [2.45, 2.75) is 26.3 Å². The number of carbonyl (C=O) groups excluding carboxylic acids is 1. The minimum absolute atomic E-state index is 0.00684. The van der Waals surface area contributed by atoms with Crippen molar-refractivity contribution in [2.24, 2.45) is 5.92 Å². The van der Waals surface area contributed by atoms with Gasteiger partial charge in [0.05, 0.1) is 5.02 Å². The van der Waals surface area contributed by atoms with Gasteiger partial charge in [-0.25, -0.2) is 9.37 Å². The first-order valence-electron chi connectivity index (χ1n) is 10.7. The van der Waals surface area contributed by atoms with E-state index in [9.17, 15) is 9.18 Å². The lowest BCUT2D eigenvalue weighted by Crippen LogP contribution is -2.38. The van der Waals surface area contributed by atoms with E-state index in [0.717, 1.165) is 41.0 Å². The summed E-state index contributed by atoms with van der Waals surface area (Å²) in [5.41, 5.74) is 3.44. The summed E-state index contributed by atoms with van der Waals surface area (Å²) in [6, 6.07) is 10.4. The van der Waals surface area contributed by atoms with E-state index in [1.54, 1.807) is 30.7 Å². The Morgan fingerprint density at radius 3 is 2.59 bits per heavy atom. The fraction of sp³-hybridized carbons (Fsp3) is 0.320. The molecule has 0 unspecified atom stereocenters. The van der Waals surface area contributed by atoms with Crippen LogP contribution in [0.15, 0.2) is 55.0 Å². The summed E-state index contributed by atoms with van der Waals surface area (Å²) in [6.45, 7) is 5.29. The molecule has 0 N–H and O–H groups in total. The van der Waals surface area contributed by atoms with E-state index in [2.05, 4.69) is 9.88 Å². The van der Waals surface area contributed by atoms with E-state index in [1.165, 1.54) is 12.1 Å². The van der Waals surface area contributed by atoms with Gasteiger partial charge in [0.15, 0.2) is 0 Å². The van der Waals surface area contributed by atoms with Gasteiger partial charge in [0.1, 0.15) is 11.6 Å². The third kappa shape index (κ3) is 4.46. The van der Waals surface area contributed by atoms with Crippen LogP contribution in [0.25, 0.3) is 22.3 Å². The van der Waals surface area contributed by atoms with Gasteiger partial charge in [0.25, 0.3) is 0 Å². The number of hydrogen-bond acceptors (Lipinski definition) is 4. The zero-order valence-electron chi connectivity index (χ0n) is 18.4. The van der Waals surface area contributed by atoms with Crippen molar-refractivity contribution in [2.75, 3.05) is 25.0 Å². The first kappa shape index (κ1) is 22.2. The Morgan fingerprint density at radius 2 is 1.91 bits per heavy atom. The highest BCUT2D eigenvalue weighted by Gasteiger charge is 2.30. The van der Waals surface area contributed by atoms with E-state index in [4.69, 9.17) is 16.6 Å². The number of anilines is 1. The first-order chi connectivity index (χ1) is 15.3. The number of pyridine rings is 2. The maximum Gasteiger partial charge on any atom is 0.225 e. The maximum atomic E-state index is 13.5. The van der Waals surface area contributed by atoms with Gasteiger partial charge in [0, 0.05) is 61.8 Å². The molecule has 1 saturated heterocycles. The highest BCUT2D eigenvalue weighted by molar-refractivity contribution is 6.33. The van der Waals surface area contributed by atoms with Gasteiger partial charge in [-0.15, -0.1) is 0 Å². The molecule has 2 aromatic heterocycles. The predicted molar refractivity (Wildman–Crippen MR) is 126 cm³/mol. The van der Waals surface area contributed by atoms with Gasteiger partial charge in [-0.1, -0.05) is 37.6 Å². The van der Waals surface area contributed by atoms with Gasteiger partial charge in [-0.3, -0.25) is 9.78 Å². The Balaban J connectivity index is 1.70. The van der Waals surface area contributed by atoms with E-state index in [0.29, 0.717) is 11.6 Å². The van der Waals surface area contributed by atoms with Crippen molar-refractivity contribution >= 4 is 23.3 Å². The largest absolute Gasteiger partial charge is 0.355 e. The van der Waals surface area contributed by atoms with Crippen LogP contribution in [-0.4, -0.2) is 47.0 Å². The van der Waals surface area contributed by atoms with Gasteiger partial charge >= 0.3 is 0 Å². The summed E-state index contributed by atoms with van der Waals surface area (Å²) in [6.07, 6.45) is 6.01. The van der Waals surface area contributed by atoms with E-state index >= 15 is 0 Å². The summed E-state index contributed by atoms with van der Waals surface area (Å²) >= 11 is 6.49. The number of nitrogens with zero attached hydrogens (tertiary/aromatic N) is 4. The zero-order valence-corrected chi connectivity index (χ0v) is 19.2. The third-order valence-electron chi connectivity index (χ3n) is 5.99. The lowest BCUT2D eigenvalue weighted by Gasteiger charge is -2.27. The first-order valence-corrected chi connectivity index (χ1v) is 11.1. The minimum atomic E-state index is -0.289. The van der Waals surface area contributed by atoms with Crippen LogP contribution in [0.1, 0.15) is 20.3 Å². The van der Waals surface area contributed by atoms with Crippen LogP contribution in [-0.2, 0) is 4.79 Å². The molecule has 7 heteroatoms. The molecule has 1 aliphatic rings. The second-order valence-electron chi connectivity index (χ2n) is 8.44. The van der Waals surface area contributed by atoms with E-state index in [-0.39, 0.29) is 23.7 Å². The predicted octanol–water partition coefficient (Wildman–Crippen LogP) is 5.30. The molecule has 0 aliphatic carbocycles. The molecule has 0 saturated carbocycles. The monoisotopic (exact) mass is 452 g/mol. The number of benzene rings is 1. The van der Waals surface area contributed by atoms with Crippen LogP contribution in [0.5, 0.6) is 0 Å². The molecular weight excluding hydrogens is 427 g/mol. The number of rotatable bonds is 5. The molecule has 0 radical (unpaired) electrons. The molecule has 1 aromatic carbocycles.